The van der Waals surface area contributed by atoms with Crippen LogP contribution in [0.1, 0.15) is 34.5 Å². The molecule has 3 rings (SSSR count). The number of hydrogen-bond donors (Lipinski definition) is 2. The summed E-state index contributed by atoms with van der Waals surface area (Å²) in [6.45, 7) is 4.06. The van der Waals surface area contributed by atoms with Gasteiger partial charge in [-0.05, 0) is 62.1 Å². The summed E-state index contributed by atoms with van der Waals surface area (Å²) in [4.78, 5) is 12.1. The maximum atomic E-state index is 12.1. The molecule has 21 heavy (non-hydrogen) atoms. The molecule has 0 radical (unpaired) electrons. The van der Waals surface area contributed by atoms with Crippen LogP contribution in [0.2, 0.25) is 0 Å². The van der Waals surface area contributed by atoms with E-state index in [2.05, 4.69) is 20.8 Å². The van der Waals surface area contributed by atoms with Gasteiger partial charge in [-0.1, -0.05) is 6.07 Å². The van der Waals surface area contributed by atoms with Crippen molar-refractivity contribution in [3.8, 4) is 0 Å². The van der Waals surface area contributed by atoms with E-state index in [4.69, 9.17) is 0 Å². The number of hydrogen-bond acceptors (Lipinski definition) is 4. The van der Waals surface area contributed by atoms with Gasteiger partial charge in [-0.3, -0.25) is 4.79 Å². The van der Waals surface area contributed by atoms with Gasteiger partial charge in [0.15, 0.2) is 5.69 Å². The molecule has 2 N–H and O–H groups in total. The largest absolute Gasteiger partial charge is 0.366 e. The summed E-state index contributed by atoms with van der Waals surface area (Å²) in [7, 11) is 0. The van der Waals surface area contributed by atoms with Crippen LogP contribution in [0.4, 0.5) is 11.5 Å². The Kier molecular flexibility index (Phi) is 3.56. The van der Waals surface area contributed by atoms with Gasteiger partial charge in [0.2, 0.25) is 0 Å². The minimum absolute atomic E-state index is 0.247. The van der Waals surface area contributed by atoms with Crippen molar-refractivity contribution in [3.63, 3.8) is 0 Å². The number of aryl methyl sites for hydroxylation is 2. The molecule has 0 saturated heterocycles. The number of benzene rings is 1. The predicted octanol–water partition coefficient (Wildman–Crippen LogP) is 2.92. The fourth-order valence-electron chi connectivity index (χ4n) is 1.98. The Morgan fingerprint density at radius 3 is 2.52 bits per heavy atom. The Balaban J connectivity index is 1.67. The standard InChI is InChI=1S/C16H18N4O/c1-10-3-4-13(9-11(10)2)18-16(21)14-7-8-15(20-19-14)17-12-5-6-12/h3-4,7-9,12H,5-6H2,1-2H3,(H,17,20)(H,18,21). The zero-order valence-corrected chi connectivity index (χ0v) is 12.2. The van der Waals surface area contributed by atoms with Crippen LogP contribution in [0.25, 0.3) is 0 Å². The molecule has 5 nitrogen and oxygen atoms in total. The van der Waals surface area contributed by atoms with Crippen LogP contribution >= 0.6 is 0 Å². The molecule has 1 aliphatic rings. The van der Waals surface area contributed by atoms with Crippen LogP contribution in [-0.2, 0) is 0 Å². The van der Waals surface area contributed by atoms with E-state index >= 15 is 0 Å². The quantitative estimate of drug-likeness (QED) is 0.904. The molecule has 1 aromatic carbocycles. The van der Waals surface area contributed by atoms with Crippen molar-refractivity contribution in [1.29, 1.82) is 0 Å². The number of carbonyl (C=O) groups is 1. The number of aromatic nitrogens is 2. The number of rotatable bonds is 4. The zero-order chi connectivity index (χ0) is 14.8. The first-order valence-electron chi connectivity index (χ1n) is 7.11. The third-order valence-corrected chi connectivity index (χ3v) is 3.59. The second-order valence-electron chi connectivity index (χ2n) is 5.48. The average Bonchev–Trinajstić information content (AvgIpc) is 3.28. The van der Waals surface area contributed by atoms with E-state index in [1.54, 1.807) is 12.1 Å². The molecule has 0 spiro atoms. The minimum Gasteiger partial charge on any atom is -0.366 e. The highest BCUT2D eigenvalue weighted by Crippen LogP contribution is 2.23. The molecule has 0 aliphatic heterocycles. The summed E-state index contributed by atoms with van der Waals surface area (Å²) in [5, 5.41) is 14.1. The molecular formula is C16H18N4O. The molecule has 5 heteroatoms. The number of anilines is 2. The SMILES string of the molecule is Cc1ccc(NC(=O)c2ccc(NC3CC3)nn2)cc1C. The molecule has 0 unspecified atom stereocenters. The number of nitrogens with one attached hydrogen (secondary N) is 2. The molecule has 1 heterocycles. The van der Waals surface area contributed by atoms with Gasteiger partial charge in [-0.2, -0.15) is 0 Å². The minimum atomic E-state index is -0.247. The van der Waals surface area contributed by atoms with E-state index in [1.165, 1.54) is 18.4 Å². The molecule has 0 bridgehead atoms. The molecule has 1 saturated carbocycles. The monoisotopic (exact) mass is 282 g/mol. The van der Waals surface area contributed by atoms with Crippen LogP contribution in [0, 0.1) is 13.8 Å². The number of nitrogens with zero attached hydrogens (tertiary/aromatic N) is 2. The molecule has 1 aromatic heterocycles. The lowest BCUT2D eigenvalue weighted by Gasteiger charge is -2.07. The van der Waals surface area contributed by atoms with Crippen molar-refractivity contribution in [1.82, 2.24) is 10.2 Å². The van der Waals surface area contributed by atoms with E-state index in [-0.39, 0.29) is 5.91 Å². The molecule has 1 aliphatic carbocycles. The second kappa shape index (κ2) is 5.52. The van der Waals surface area contributed by atoms with E-state index in [1.807, 2.05) is 32.0 Å². The van der Waals surface area contributed by atoms with Crippen LogP contribution < -0.4 is 10.6 Å². The Bertz CT molecular complexity index is 662. The number of carbonyl (C=O) groups excluding carboxylic acids is 1. The summed E-state index contributed by atoms with van der Waals surface area (Å²) in [6.07, 6.45) is 2.35. The molecule has 2 aromatic rings. The van der Waals surface area contributed by atoms with Gasteiger partial charge < -0.3 is 10.6 Å². The summed E-state index contributed by atoms with van der Waals surface area (Å²) >= 11 is 0. The normalized spacial score (nSPS) is 13.8. The maximum absolute atomic E-state index is 12.1. The molecule has 1 amide bonds. The highest BCUT2D eigenvalue weighted by Gasteiger charge is 2.21. The first kappa shape index (κ1) is 13.5. The first-order chi connectivity index (χ1) is 10.1. The van der Waals surface area contributed by atoms with E-state index in [9.17, 15) is 4.79 Å². The Morgan fingerprint density at radius 1 is 1.10 bits per heavy atom. The zero-order valence-electron chi connectivity index (χ0n) is 12.2. The van der Waals surface area contributed by atoms with Crippen LogP contribution in [0.5, 0.6) is 0 Å². The fourth-order valence-corrected chi connectivity index (χ4v) is 1.98. The van der Waals surface area contributed by atoms with E-state index < -0.39 is 0 Å². The van der Waals surface area contributed by atoms with Crippen molar-refractivity contribution in [2.24, 2.45) is 0 Å². The molecule has 1 fully saturated rings. The van der Waals surface area contributed by atoms with Gasteiger partial charge in [0.05, 0.1) is 0 Å². The maximum Gasteiger partial charge on any atom is 0.276 e. The summed E-state index contributed by atoms with van der Waals surface area (Å²) in [5.41, 5.74) is 3.42. The topological polar surface area (TPSA) is 66.9 Å². The second-order valence-corrected chi connectivity index (χ2v) is 5.48. The molecule has 0 atom stereocenters. The fraction of sp³-hybridized carbons (Fsp3) is 0.312. The Labute approximate surface area is 123 Å². The Hall–Kier alpha value is -2.43. The van der Waals surface area contributed by atoms with Crippen molar-refractivity contribution >= 4 is 17.4 Å². The smallest absolute Gasteiger partial charge is 0.276 e. The van der Waals surface area contributed by atoms with Gasteiger partial charge in [0, 0.05) is 11.7 Å². The van der Waals surface area contributed by atoms with Gasteiger partial charge >= 0.3 is 0 Å². The lowest BCUT2D eigenvalue weighted by molar-refractivity contribution is 0.102. The van der Waals surface area contributed by atoms with Crippen LogP contribution in [0.3, 0.4) is 0 Å². The molecule has 108 valence electrons. The third-order valence-electron chi connectivity index (χ3n) is 3.59. The summed E-state index contributed by atoms with van der Waals surface area (Å²) in [5.74, 6) is 0.476. The van der Waals surface area contributed by atoms with Crippen molar-refractivity contribution in [2.45, 2.75) is 32.7 Å². The Morgan fingerprint density at radius 2 is 1.90 bits per heavy atom. The van der Waals surface area contributed by atoms with Crippen LogP contribution in [0.15, 0.2) is 30.3 Å². The van der Waals surface area contributed by atoms with Crippen LogP contribution in [-0.4, -0.2) is 22.1 Å². The highest BCUT2D eigenvalue weighted by molar-refractivity contribution is 6.02. The summed E-state index contributed by atoms with van der Waals surface area (Å²) < 4.78 is 0. The van der Waals surface area contributed by atoms with Crippen molar-refractivity contribution in [3.05, 3.63) is 47.2 Å². The average molecular weight is 282 g/mol. The molecular weight excluding hydrogens is 264 g/mol. The third kappa shape index (κ3) is 3.37. The van der Waals surface area contributed by atoms with Gasteiger partial charge in [-0.15, -0.1) is 10.2 Å². The number of amides is 1. The highest BCUT2D eigenvalue weighted by atomic mass is 16.1. The van der Waals surface area contributed by atoms with Crippen molar-refractivity contribution < 1.29 is 4.79 Å². The van der Waals surface area contributed by atoms with E-state index in [0.29, 0.717) is 11.7 Å². The van der Waals surface area contributed by atoms with Crippen molar-refractivity contribution in [2.75, 3.05) is 10.6 Å². The lowest BCUT2D eigenvalue weighted by atomic mass is 10.1. The van der Waals surface area contributed by atoms with Gasteiger partial charge in [-0.25, -0.2) is 0 Å². The lowest BCUT2D eigenvalue weighted by Crippen LogP contribution is -2.15. The predicted molar refractivity (Wildman–Crippen MR) is 82.5 cm³/mol. The van der Waals surface area contributed by atoms with Gasteiger partial charge in [0.1, 0.15) is 5.82 Å². The summed E-state index contributed by atoms with van der Waals surface area (Å²) in [6, 6.07) is 9.82. The van der Waals surface area contributed by atoms with Gasteiger partial charge in [0.25, 0.3) is 5.91 Å². The van der Waals surface area contributed by atoms with E-state index in [0.717, 1.165) is 17.1 Å². The first-order valence-corrected chi connectivity index (χ1v) is 7.11.